The summed E-state index contributed by atoms with van der Waals surface area (Å²) in [7, 11) is -1.28. The second-order valence-electron chi connectivity index (χ2n) is 4.20. The average molecular weight is 256 g/mol. The van der Waals surface area contributed by atoms with Gasteiger partial charge in [-0.2, -0.15) is 0 Å². The minimum atomic E-state index is -3.26. The van der Waals surface area contributed by atoms with Gasteiger partial charge in [0.15, 0.2) is 0 Å². The Kier molecular flexibility index (Phi) is 2.61. The molecule has 3 rings (SSSR count). The zero-order valence-electron chi connectivity index (χ0n) is 9.83. The Labute approximate surface area is 101 Å². The molecule has 5 nitrogen and oxygen atoms in total. The summed E-state index contributed by atoms with van der Waals surface area (Å²) in [6.45, 7) is 2.59. The van der Waals surface area contributed by atoms with E-state index in [4.69, 9.17) is 13.6 Å². The summed E-state index contributed by atoms with van der Waals surface area (Å²) < 4.78 is 19.8. The van der Waals surface area contributed by atoms with Gasteiger partial charge in [-0.15, -0.1) is 0 Å². The van der Waals surface area contributed by atoms with Gasteiger partial charge in [0.1, 0.15) is 0 Å². The fourth-order valence-electron chi connectivity index (χ4n) is 2.22. The van der Waals surface area contributed by atoms with E-state index in [1.165, 1.54) is 0 Å². The molecule has 0 aliphatic carbocycles. The molecule has 2 saturated heterocycles. The van der Waals surface area contributed by atoms with Gasteiger partial charge in [0, 0.05) is 0 Å². The molecule has 1 aromatic rings. The number of para-hydroxylation sites is 1. The van der Waals surface area contributed by atoms with Gasteiger partial charge in [0.25, 0.3) is 0 Å². The molecule has 17 heavy (non-hydrogen) atoms. The van der Waals surface area contributed by atoms with E-state index >= 15 is 0 Å². The predicted molar refractivity (Wildman–Crippen MR) is 67.5 cm³/mol. The Morgan fingerprint density at radius 1 is 1.06 bits per heavy atom. The maximum absolute atomic E-state index is 5.91. The van der Waals surface area contributed by atoms with Crippen molar-refractivity contribution >= 4 is 13.3 Å². The van der Waals surface area contributed by atoms with Crippen molar-refractivity contribution < 1.29 is 13.6 Å². The van der Waals surface area contributed by atoms with Crippen LogP contribution in [0.4, 0.5) is 5.69 Å². The first kappa shape index (κ1) is 11.4. The fourth-order valence-corrected chi connectivity index (χ4v) is 5.60. The predicted octanol–water partition coefficient (Wildman–Crippen LogP) is 2.24. The summed E-state index contributed by atoms with van der Waals surface area (Å²) in [6.07, 6.45) is 0. The van der Waals surface area contributed by atoms with E-state index < -0.39 is 7.59 Å². The second-order valence-corrected chi connectivity index (χ2v) is 7.57. The summed E-state index contributed by atoms with van der Waals surface area (Å²) >= 11 is 0. The second kappa shape index (κ2) is 3.90. The van der Waals surface area contributed by atoms with Crippen LogP contribution in [0.15, 0.2) is 30.3 Å². The van der Waals surface area contributed by atoms with Crippen LogP contribution in [0.3, 0.4) is 0 Å². The van der Waals surface area contributed by atoms with Gasteiger partial charge in [-0.1, -0.05) is 0 Å². The molecule has 0 amide bonds. The average Bonchev–Trinajstić information content (AvgIpc) is 2.89. The van der Waals surface area contributed by atoms with Crippen LogP contribution in [0.5, 0.6) is 0 Å². The molecule has 0 saturated carbocycles. The van der Waals surface area contributed by atoms with Crippen LogP contribution >= 0.6 is 7.59 Å². The van der Waals surface area contributed by atoms with E-state index in [-0.39, 0.29) is 0 Å². The molecule has 0 aromatic heterocycles. The van der Waals surface area contributed by atoms with Crippen molar-refractivity contribution in [2.75, 3.05) is 38.5 Å². The first-order chi connectivity index (χ1) is 8.23. The molecule has 6 heteroatoms. The summed E-state index contributed by atoms with van der Waals surface area (Å²) in [5.74, 6) is 0. The van der Waals surface area contributed by atoms with Crippen LogP contribution in [0.25, 0.3) is 0 Å². The Bertz CT molecular complexity index is 400. The van der Waals surface area contributed by atoms with Gasteiger partial charge in [0.2, 0.25) is 0 Å². The first-order valence-electron chi connectivity index (χ1n) is 5.76. The number of hydrogen-bond acceptors (Lipinski definition) is 5. The van der Waals surface area contributed by atoms with E-state index in [1.807, 2.05) is 42.0 Å². The number of rotatable bonds is 2. The topological polar surface area (TPSA) is 43.0 Å². The van der Waals surface area contributed by atoms with Crippen LogP contribution in [0.1, 0.15) is 0 Å². The number of anilines is 1. The third-order valence-corrected chi connectivity index (χ3v) is 7.06. The maximum atomic E-state index is 5.91. The zero-order valence-corrected chi connectivity index (χ0v) is 10.7. The summed E-state index contributed by atoms with van der Waals surface area (Å²) in [5.41, 5.74) is 0.959. The van der Waals surface area contributed by atoms with Crippen molar-refractivity contribution in [1.82, 2.24) is 4.67 Å². The zero-order chi connectivity index (χ0) is 11.8. The number of likely N-dealkylation sites (N-methyl/N-ethyl adjacent to an activating group) is 1. The first-order valence-corrected chi connectivity index (χ1v) is 7.70. The Hall–Kier alpha value is -0.710. The molecule has 0 atom stereocenters. The van der Waals surface area contributed by atoms with E-state index in [1.54, 1.807) is 0 Å². The molecule has 1 aromatic carbocycles. The van der Waals surface area contributed by atoms with E-state index in [0.717, 1.165) is 12.2 Å². The van der Waals surface area contributed by atoms with Crippen molar-refractivity contribution in [1.29, 1.82) is 0 Å². The SMILES string of the molecule is CN1CCOP12(Nc1ccccc1)OCCO2. The molecule has 94 valence electrons. The molecular formula is C11H17N2O3P. The van der Waals surface area contributed by atoms with Crippen molar-refractivity contribution in [2.45, 2.75) is 0 Å². The van der Waals surface area contributed by atoms with E-state index in [9.17, 15) is 0 Å². The Morgan fingerprint density at radius 2 is 1.71 bits per heavy atom. The van der Waals surface area contributed by atoms with Gasteiger partial charge in [-0.25, -0.2) is 0 Å². The molecular weight excluding hydrogens is 239 g/mol. The van der Waals surface area contributed by atoms with Crippen LogP contribution in [-0.2, 0) is 13.6 Å². The fraction of sp³-hybridized carbons (Fsp3) is 0.455. The van der Waals surface area contributed by atoms with Gasteiger partial charge in [0.05, 0.1) is 0 Å². The number of nitrogens with one attached hydrogen (secondary N) is 1. The van der Waals surface area contributed by atoms with Crippen LogP contribution in [0.2, 0.25) is 0 Å². The third kappa shape index (κ3) is 1.66. The van der Waals surface area contributed by atoms with Crippen molar-refractivity contribution in [2.24, 2.45) is 0 Å². The number of nitrogens with zero attached hydrogens (tertiary/aromatic N) is 1. The minimum absolute atomic E-state index is 0.571. The third-order valence-electron chi connectivity index (χ3n) is 3.13. The molecule has 1 N–H and O–H groups in total. The van der Waals surface area contributed by atoms with Crippen molar-refractivity contribution in [3.8, 4) is 0 Å². The van der Waals surface area contributed by atoms with Crippen molar-refractivity contribution in [3.05, 3.63) is 30.3 Å². The molecule has 2 fully saturated rings. The van der Waals surface area contributed by atoms with Gasteiger partial charge in [-0.3, -0.25) is 0 Å². The van der Waals surface area contributed by atoms with Gasteiger partial charge >= 0.3 is 100 Å². The van der Waals surface area contributed by atoms with Crippen LogP contribution in [0, 0.1) is 0 Å². The summed E-state index contributed by atoms with van der Waals surface area (Å²) in [6, 6.07) is 9.91. The van der Waals surface area contributed by atoms with Crippen molar-refractivity contribution in [3.63, 3.8) is 0 Å². The molecule has 2 heterocycles. The molecule has 1 spiro atoms. The molecule has 2 aliphatic rings. The van der Waals surface area contributed by atoms with Crippen LogP contribution in [-0.4, -0.2) is 38.1 Å². The Balaban J connectivity index is 1.96. The molecule has 0 unspecified atom stereocenters. The normalized spacial score (nSPS) is 28.9. The number of hydrogen-bond donors (Lipinski definition) is 1. The molecule has 0 bridgehead atoms. The van der Waals surface area contributed by atoms with E-state index in [0.29, 0.717) is 19.8 Å². The van der Waals surface area contributed by atoms with Gasteiger partial charge < -0.3 is 0 Å². The molecule has 0 radical (unpaired) electrons. The number of benzene rings is 1. The molecule has 2 aliphatic heterocycles. The quantitative estimate of drug-likeness (QED) is 0.822. The van der Waals surface area contributed by atoms with Crippen LogP contribution < -0.4 is 5.09 Å². The monoisotopic (exact) mass is 256 g/mol. The summed E-state index contributed by atoms with van der Waals surface area (Å²) in [4.78, 5) is 0. The summed E-state index contributed by atoms with van der Waals surface area (Å²) in [5, 5.41) is 3.37. The van der Waals surface area contributed by atoms with E-state index in [2.05, 4.69) is 5.09 Å². The van der Waals surface area contributed by atoms with Gasteiger partial charge in [-0.05, 0) is 0 Å². The Morgan fingerprint density at radius 3 is 2.29 bits per heavy atom. The standard InChI is InChI=1S/C11H17N2O3P/c1-13-7-8-14-17(13,15-9-10-16-17)12-11-5-3-2-4-6-11/h2-6,12H,7-10H2,1H3.